The number of carbonyl (C=O) groups excluding carboxylic acids is 1. The van der Waals surface area contributed by atoms with Gasteiger partial charge in [0.2, 0.25) is 5.89 Å². The van der Waals surface area contributed by atoms with Crippen molar-refractivity contribution >= 4 is 5.91 Å². The predicted molar refractivity (Wildman–Crippen MR) is 95.5 cm³/mol. The molecule has 0 saturated carbocycles. The Labute approximate surface area is 161 Å². The van der Waals surface area contributed by atoms with Crippen molar-refractivity contribution in [3.05, 3.63) is 47.1 Å². The first-order chi connectivity index (χ1) is 13.3. The Morgan fingerprint density at radius 2 is 2.21 bits per heavy atom. The van der Waals surface area contributed by atoms with E-state index in [4.69, 9.17) is 4.52 Å². The zero-order valence-electron chi connectivity index (χ0n) is 15.6. The molecule has 1 aromatic carbocycles. The summed E-state index contributed by atoms with van der Waals surface area (Å²) in [6.45, 7) is 2.17. The first-order valence-corrected chi connectivity index (χ1v) is 9.28. The smallest absolute Gasteiger partial charge is 0.352 e. The normalized spacial score (nSPS) is 18.2. The summed E-state index contributed by atoms with van der Waals surface area (Å²) < 4.78 is 43.7. The lowest BCUT2D eigenvalue weighted by Crippen LogP contribution is -2.35. The van der Waals surface area contributed by atoms with Crippen LogP contribution in [-0.4, -0.2) is 41.1 Å². The fourth-order valence-electron chi connectivity index (χ4n) is 3.52. The maximum atomic E-state index is 12.8. The summed E-state index contributed by atoms with van der Waals surface area (Å²) in [5.41, 5.74) is 0.109. The molecule has 2 aromatic rings. The van der Waals surface area contributed by atoms with Gasteiger partial charge < -0.3 is 9.84 Å². The van der Waals surface area contributed by atoms with Crippen LogP contribution in [0.25, 0.3) is 0 Å². The van der Waals surface area contributed by atoms with Gasteiger partial charge in [-0.15, -0.1) is 0 Å². The molecule has 1 fully saturated rings. The molecule has 0 bridgehead atoms. The van der Waals surface area contributed by atoms with Gasteiger partial charge in [0.05, 0.1) is 12.1 Å². The molecule has 1 saturated heterocycles. The molecule has 1 N–H and O–H groups in total. The number of piperidine rings is 1. The molecule has 2 heterocycles. The standard InChI is InChI=1S/C19H23F3N4O2/c1-23-18(27)17-24-16(28-25-17)12-26-9-3-5-14(11-26)8-7-13-4-2-6-15(10-13)19(20,21)22/h2,4,6,10,14H,3,5,7-9,11-12H2,1H3,(H,23,27). The van der Waals surface area contributed by atoms with E-state index in [1.165, 1.54) is 19.2 Å². The molecule has 1 aliphatic rings. The Bertz CT molecular complexity index is 806. The van der Waals surface area contributed by atoms with Crippen molar-refractivity contribution in [2.24, 2.45) is 5.92 Å². The zero-order chi connectivity index (χ0) is 20.1. The lowest BCUT2D eigenvalue weighted by Gasteiger charge is -2.31. The number of rotatable bonds is 6. The number of benzene rings is 1. The van der Waals surface area contributed by atoms with Gasteiger partial charge in [-0.3, -0.25) is 9.69 Å². The quantitative estimate of drug-likeness (QED) is 0.811. The number of nitrogens with one attached hydrogen (secondary N) is 1. The highest BCUT2D eigenvalue weighted by atomic mass is 19.4. The van der Waals surface area contributed by atoms with Crippen LogP contribution < -0.4 is 5.32 Å². The molecule has 1 unspecified atom stereocenters. The van der Waals surface area contributed by atoms with Gasteiger partial charge in [0.25, 0.3) is 11.7 Å². The van der Waals surface area contributed by atoms with Gasteiger partial charge in [0.1, 0.15) is 0 Å². The second kappa shape index (κ2) is 8.72. The van der Waals surface area contributed by atoms with Gasteiger partial charge in [-0.2, -0.15) is 18.2 Å². The van der Waals surface area contributed by atoms with Crippen LogP contribution >= 0.6 is 0 Å². The fraction of sp³-hybridized carbons (Fsp3) is 0.526. The number of carbonyl (C=O) groups is 1. The number of amides is 1. The van der Waals surface area contributed by atoms with E-state index in [0.29, 0.717) is 30.3 Å². The summed E-state index contributed by atoms with van der Waals surface area (Å²) in [6.07, 6.45) is -0.823. The molecule has 6 nitrogen and oxygen atoms in total. The Balaban J connectivity index is 1.52. The van der Waals surface area contributed by atoms with Gasteiger partial charge in [0, 0.05) is 13.6 Å². The topological polar surface area (TPSA) is 71.3 Å². The number of nitrogens with zero attached hydrogens (tertiary/aromatic N) is 3. The minimum atomic E-state index is -4.31. The number of hydrogen-bond acceptors (Lipinski definition) is 5. The van der Waals surface area contributed by atoms with E-state index in [1.54, 1.807) is 6.07 Å². The largest absolute Gasteiger partial charge is 0.416 e. The van der Waals surface area contributed by atoms with Gasteiger partial charge in [-0.25, -0.2) is 0 Å². The molecule has 1 aliphatic heterocycles. The average Bonchev–Trinajstić information content (AvgIpc) is 3.14. The van der Waals surface area contributed by atoms with E-state index >= 15 is 0 Å². The van der Waals surface area contributed by atoms with Crippen molar-refractivity contribution in [2.75, 3.05) is 20.1 Å². The third-order valence-electron chi connectivity index (χ3n) is 4.96. The molecule has 9 heteroatoms. The molecular formula is C19H23F3N4O2. The van der Waals surface area contributed by atoms with Gasteiger partial charge in [0.15, 0.2) is 0 Å². The number of aromatic nitrogens is 2. The number of aryl methyl sites for hydroxylation is 1. The fourth-order valence-corrected chi connectivity index (χ4v) is 3.52. The third kappa shape index (κ3) is 5.31. The van der Waals surface area contributed by atoms with Crippen LogP contribution in [0.15, 0.2) is 28.8 Å². The first kappa shape index (κ1) is 20.3. The van der Waals surface area contributed by atoms with E-state index in [0.717, 1.165) is 38.4 Å². The Morgan fingerprint density at radius 1 is 1.39 bits per heavy atom. The molecule has 0 radical (unpaired) electrons. The highest BCUT2D eigenvalue weighted by Gasteiger charge is 2.30. The van der Waals surface area contributed by atoms with E-state index in [-0.39, 0.29) is 5.82 Å². The van der Waals surface area contributed by atoms with E-state index in [2.05, 4.69) is 20.4 Å². The first-order valence-electron chi connectivity index (χ1n) is 9.28. The summed E-state index contributed by atoms with van der Waals surface area (Å²) in [4.78, 5) is 17.8. The highest BCUT2D eigenvalue weighted by Crippen LogP contribution is 2.30. The maximum absolute atomic E-state index is 12.8. The minimum Gasteiger partial charge on any atom is -0.352 e. The van der Waals surface area contributed by atoms with E-state index in [9.17, 15) is 18.0 Å². The molecule has 0 spiro atoms. The summed E-state index contributed by atoms with van der Waals surface area (Å²) >= 11 is 0. The highest BCUT2D eigenvalue weighted by molar-refractivity contribution is 5.89. The number of halogens is 3. The molecule has 1 amide bonds. The third-order valence-corrected chi connectivity index (χ3v) is 4.96. The summed E-state index contributed by atoms with van der Waals surface area (Å²) in [7, 11) is 1.50. The van der Waals surface area contributed by atoms with Crippen LogP contribution in [0.1, 0.15) is 46.9 Å². The molecule has 28 heavy (non-hydrogen) atoms. The van der Waals surface area contributed by atoms with Gasteiger partial charge >= 0.3 is 6.18 Å². The Kier molecular flexibility index (Phi) is 6.33. The molecule has 152 valence electrons. The second-order valence-corrected chi connectivity index (χ2v) is 7.07. The number of likely N-dealkylation sites (tertiary alicyclic amines) is 1. The maximum Gasteiger partial charge on any atom is 0.416 e. The van der Waals surface area contributed by atoms with Gasteiger partial charge in [-0.05, 0) is 49.8 Å². The predicted octanol–water partition coefficient (Wildman–Crippen LogP) is 3.29. The molecule has 1 atom stereocenters. The van der Waals surface area contributed by atoms with Crippen molar-refractivity contribution in [1.29, 1.82) is 0 Å². The summed E-state index contributed by atoms with van der Waals surface area (Å²) in [5.74, 6) is 0.393. The van der Waals surface area contributed by atoms with Crippen LogP contribution in [-0.2, 0) is 19.1 Å². The van der Waals surface area contributed by atoms with Crippen LogP contribution in [0.5, 0.6) is 0 Å². The van der Waals surface area contributed by atoms with Crippen LogP contribution in [0.3, 0.4) is 0 Å². The monoisotopic (exact) mass is 396 g/mol. The van der Waals surface area contributed by atoms with Crippen molar-refractivity contribution in [1.82, 2.24) is 20.4 Å². The summed E-state index contributed by atoms with van der Waals surface area (Å²) in [6, 6.07) is 5.54. The van der Waals surface area contributed by atoms with Crippen molar-refractivity contribution in [2.45, 2.75) is 38.4 Å². The Morgan fingerprint density at radius 3 is 2.96 bits per heavy atom. The lowest BCUT2D eigenvalue weighted by atomic mass is 9.91. The van der Waals surface area contributed by atoms with Crippen molar-refractivity contribution < 1.29 is 22.5 Å². The minimum absolute atomic E-state index is 0.00982. The van der Waals surface area contributed by atoms with Crippen molar-refractivity contribution in [3.63, 3.8) is 0 Å². The SMILES string of the molecule is CNC(=O)c1noc(CN2CCCC(CCc3cccc(C(F)(F)F)c3)C2)n1. The average molecular weight is 396 g/mol. The summed E-state index contributed by atoms with van der Waals surface area (Å²) in [5, 5.41) is 6.10. The molecule has 1 aromatic heterocycles. The van der Waals surface area contributed by atoms with Crippen molar-refractivity contribution in [3.8, 4) is 0 Å². The van der Waals surface area contributed by atoms with E-state index < -0.39 is 17.6 Å². The molecule has 0 aliphatic carbocycles. The van der Waals surface area contributed by atoms with Gasteiger partial charge in [-0.1, -0.05) is 23.4 Å². The lowest BCUT2D eigenvalue weighted by molar-refractivity contribution is -0.137. The van der Waals surface area contributed by atoms with Crippen LogP contribution in [0, 0.1) is 5.92 Å². The molecular weight excluding hydrogens is 373 g/mol. The number of hydrogen-bond donors (Lipinski definition) is 1. The zero-order valence-corrected chi connectivity index (χ0v) is 15.6. The second-order valence-electron chi connectivity index (χ2n) is 7.07. The number of alkyl halides is 3. The van der Waals surface area contributed by atoms with Crippen LogP contribution in [0.4, 0.5) is 13.2 Å². The van der Waals surface area contributed by atoms with E-state index in [1.807, 2.05) is 0 Å². The Hall–Kier alpha value is -2.42. The molecule has 3 rings (SSSR count). The van der Waals surface area contributed by atoms with Crippen LogP contribution in [0.2, 0.25) is 0 Å².